The zero-order valence-corrected chi connectivity index (χ0v) is 16.8. The maximum atomic E-state index is 12.2. The first-order valence-corrected chi connectivity index (χ1v) is 9.85. The summed E-state index contributed by atoms with van der Waals surface area (Å²) in [6, 6.07) is 15.7. The van der Waals surface area contributed by atoms with Crippen molar-refractivity contribution in [1.29, 1.82) is 0 Å². The van der Waals surface area contributed by atoms with Crippen LogP contribution in [0.15, 0.2) is 48.5 Å². The van der Waals surface area contributed by atoms with Gasteiger partial charge in [0.15, 0.2) is 0 Å². The molecule has 1 heterocycles. The summed E-state index contributed by atoms with van der Waals surface area (Å²) in [6.07, 6.45) is 0. The van der Waals surface area contributed by atoms with Crippen LogP contribution in [0.4, 0.5) is 5.69 Å². The van der Waals surface area contributed by atoms with E-state index in [2.05, 4.69) is 49.8 Å². The lowest BCUT2D eigenvalue weighted by atomic mass is 10.2. The number of hydrogen-bond donors (Lipinski definition) is 1. The number of hydrogen-bond acceptors (Lipinski definition) is 3. The summed E-state index contributed by atoms with van der Waals surface area (Å²) >= 11 is 8.14. The quantitative estimate of drug-likeness (QED) is 0.681. The molecule has 1 N–H and O–H groups in total. The molecule has 6 heteroatoms. The van der Waals surface area contributed by atoms with Crippen LogP contribution >= 0.6 is 34.2 Å². The third kappa shape index (κ3) is 5.09. The third-order valence-electron chi connectivity index (χ3n) is 4.40. The molecule has 0 saturated carbocycles. The van der Waals surface area contributed by atoms with E-state index in [1.54, 1.807) is 0 Å². The van der Waals surface area contributed by atoms with Crippen molar-refractivity contribution in [3.63, 3.8) is 0 Å². The minimum absolute atomic E-state index is 0.00444. The van der Waals surface area contributed by atoms with Crippen LogP contribution in [0.25, 0.3) is 0 Å². The van der Waals surface area contributed by atoms with Crippen molar-refractivity contribution in [1.82, 2.24) is 10.2 Å². The van der Waals surface area contributed by atoms with Gasteiger partial charge in [-0.3, -0.25) is 9.69 Å². The second kappa shape index (κ2) is 8.87. The topological polar surface area (TPSA) is 35.6 Å². The highest BCUT2D eigenvalue weighted by Crippen LogP contribution is 2.19. The Hall–Kier alpha value is -1.31. The van der Waals surface area contributed by atoms with E-state index in [1.807, 2.05) is 36.4 Å². The summed E-state index contributed by atoms with van der Waals surface area (Å²) in [5, 5.41) is 3.79. The van der Waals surface area contributed by atoms with Crippen molar-refractivity contribution >= 4 is 45.8 Å². The molecule has 3 rings (SSSR count). The van der Waals surface area contributed by atoms with Gasteiger partial charge in [-0.2, -0.15) is 0 Å². The number of piperazine rings is 1. The van der Waals surface area contributed by atoms with Crippen LogP contribution in [0.1, 0.15) is 10.4 Å². The van der Waals surface area contributed by atoms with Crippen LogP contribution in [0.2, 0.25) is 5.02 Å². The largest absolute Gasteiger partial charge is 0.369 e. The fourth-order valence-corrected chi connectivity index (χ4v) is 3.71. The summed E-state index contributed by atoms with van der Waals surface area (Å²) < 4.78 is 0.981. The van der Waals surface area contributed by atoms with Gasteiger partial charge in [-0.15, -0.1) is 0 Å². The maximum Gasteiger partial charge on any atom is 0.252 e. The Morgan fingerprint density at radius 1 is 1.04 bits per heavy atom. The van der Waals surface area contributed by atoms with Crippen LogP contribution in [0.3, 0.4) is 0 Å². The molecule has 2 aromatic rings. The van der Waals surface area contributed by atoms with E-state index in [1.165, 1.54) is 5.69 Å². The molecule has 2 aromatic carbocycles. The zero-order valence-electron chi connectivity index (χ0n) is 13.9. The molecule has 0 aromatic heterocycles. The molecule has 0 unspecified atom stereocenters. The Balaban J connectivity index is 1.41. The molecule has 25 heavy (non-hydrogen) atoms. The molecule has 4 nitrogen and oxygen atoms in total. The van der Waals surface area contributed by atoms with Crippen LogP contribution < -0.4 is 10.2 Å². The molecule has 132 valence electrons. The summed E-state index contributed by atoms with van der Waals surface area (Å²) in [4.78, 5) is 17.0. The molecule has 0 bridgehead atoms. The van der Waals surface area contributed by atoms with Gasteiger partial charge in [-0.1, -0.05) is 23.7 Å². The minimum atomic E-state index is 0.00444. The fraction of sp³-hybridized carbons (Fsp3) is 0.316. The van der Waals surface area contributed by atoms with Gasteiger partial charge < -0.3 is 10.2 Å². The van der Waals surface area contributed by atoms with Crippen molar-refractivity contribution in [3.05, 3.63) is 62.7 Å². The fourth-order valence-electron chi connectivity index (χ4n) is 2.95. The first kappa shape index (κ1) is 18.5. The number of anilines is 1. The zero-order chi connectivity index (χ0) is 17.6. The Morgan fingerprint density at radius 2 is 1.72 bits per heavy atom. The molecule has 1 saturated heterocycles. The molecule has 1 aliphatic heterocycles. The monoisotopic (exact) mass is 469 g/mol. The highest BCUT2D eigenvalue weighted by molar-refractivity contribution is 14.1. The Labute approximate surface area is 167 Å². The maximum absolute atomic E-state index is 12.2. The van der Waals surface area contributed by atoms with Crippen LogP contribution in [-0.2, 0) is 0 Å². The van der Waals surface area contributed by atoms with Gasteiger partial charge in [0.25, 0.3) is 5.91 Å². The highest BCUT2D eigenvalue weighted by atomic mass is 127. The van der Waals surface area contributed by atoms with Crippen molar-refractivity contribution in [3.8, 4) is 0 Å². The van der Waals surface area contributed by atoms with E-state index in [0.717, 1.165) is 46.9 Å². The summed E-state index contributed by atoms with van der Waals surface area (Å²) in [7, 11) is 0. The SMILES string of the molecule is O=C(NCCN1CCN(c2ccc(Cl)cc2)CC1)c1ccccc1I. The second-order valence-corrected chi connectivity index (χ2v) is 7.64. The number of amides is 1. The van der Waals surface area contributed by atoms with E-state index < -0.39 is 0 Å². The predicted molar refractivity (Wildman–Crippen MR) is 112 cm³/mol. The average molecular weight is 470 g/mol. The van der Waals surface area contributed by atoms with Crippen molar-refractivity contribution in [2.45, 2.75) is 0 Å². The minimum Gasteiger partial charge on any atom is -0.369 e. The van der Waals surface area contributed by atoms with Crippen LogP contribution in [-0.4, -0.2) is 50.1 Å². The average Bonchev–Trinajstić information content (AvgIpc) is 2.63. The molecule has 0 atom stereocenters. The van der Waals surface area contributed by atoms with E-state index in [0.29, 0.717) is 6.54 Å². The second-order valence-electron chi connectivity index (χ2n) is 6.04. The van der Waals surface area contributed by atoms with Gasteiger partial charge in [0.2, 0.25) is 0 Å². The summed E-state index contributed by atoms with van der Waals surface area (Å²) in [6.45, 7) is 5.54. The lowest BCUT2D eigenvalue weighted by Crippen LogP contribution is -2.48. The normalized spacial score (nSPS) is 15.2. The predicted octanol–water partition coefficient (Wildman–Crippen LogP) is 3.50. The number of nitrogens with zero attached hydrogens (tertiary/aromatic N) is 2. The molecular weight excluding hydrogens is 449 g/mol. The third-order valence-corrected chi connectivity index (χ3v) is 5.59. The Bertz CT molecular complexity index is 715. The highest BCUT2D eigenvalue weighted by Gasteiger charge is 2.17. The number of halogens is 2. The van der Waals surface area contributed by atoms with Gasteiger partial charge in [0.05, 0.1) is 5.56 Å². The number of carbonyl (C=O) groups excluding carboxylic acids is 1. The van der Waals surface area contributed by atoms with Crippen LogP contribution in [0.5, 0.6) is 0 Å². The van der Waals surface area contributed by atoms with Crippen LogP contribution in [0, 0.1) is 3.57 Å². The number of carbonyl (C=O) groups is 1. The van der Waals surface area contributed by atoms with E-state index in [9.17, 15) is 4.79 Å². The molecule has 1 aliphatic rings. The number of nitrogens with one attached hydrogen (secondary N) is 1. The van der Waals surface area contributed by atoms with Gasteiger partial charge in [-0.25, -0.2) is 0 Å². The molecule has 0 aliphatic carbocycles. The van der Waals surface area contributed by atoms with Gasteiger partial charge in [0, 0.05) is 53.5 Å². The summed E-state index contributed by atoms with van der Waals surface area (Å²) in [5.74, 6) is 0.00444. The van der Waals surface area contributed by atoms with Gasteiger partial charge in [0.1, 0.15) is 0 Å². The van der Waals surface area contributed by atoms with E-state index in [-0.39, 0.29) is 5.91 Å². The van der Waals surface area contributed by atoms with Crippen molar-refractivity contribution in [2.75, 3.05) is 44.2 Å². The Morgan fingerprint density at radius 3 is 2.40 bits per heavy atom. The molecule has 0 radical (unpaired) electrons. The molecule has 1 fully saturated rings. The lowest BCUT2D eigenvalue weighted by Gasteiger charge is -2.36. The molecule has 0 spiro atoms. The van der Waals surface area contributed by atoms with Crippen molar-refractivity contribution in [2.24, 2.45) is 0 Å². The first-order chi connectivity index (χ1) is 12.1. The van der Waals surface area contributed by atoms with E-state index in [4.69, 9.17) is 11.6 Å². The Kier molecular flexibility index (Phi) is 6.56. The van der Waals surface area contributed by atoms with Gasteiger partial charge >= 0.3 is 0 Å². The first-order valence-electron chi connectivity index (χ1n) is 8.39. The number of benzene rings is 2. The number of rotatable bonds is 5. The molecular formula is C19H21ClIN3O. The van der Waals surface area contributed by atoms with Gasteiger partial charge in [-0.05, 0) is 59.0 Å². The van der Waals surface area contributed by atoms with Crippen molar-refractivity contribution < 1.29 is 4.79 Å². The lowest BCUT2D eigenvalue weighted by molar-refractivity contribution is 0.0947. The smallest absolute Gasteiger partial charge is 0.252 e. The standard InChI is InChI=1S/C19H21ClIN3O/c20-15-5-7-16(8-6-15)24-13-11-23(12-14-24)10-9-22-19(25)17-3-1-2-4-18(17)21/h1-8H,9-14H2,(H,22,25). The summed E-state index contributed by atoms with van der Waals surface area (Å²) in [5.41, 5.74) is 1.96. The molecule has 1 amide bonds. The van der Waals surface area contributed by atoms with E-state index >= 15 is 0 Å².